The van der Waals surface area contributed by atoms with Crippen molar-refractivity contribution in [2.45, 2.75) is 19.4 Å². The van der Waals surface area contributed by atoms with Gasteiger partial charge in [-0.2, -0.15) is 0 Å². The van der Waals surface area contributed by atoms with Crippen molar-refractivity contribution in [2.24, 2.45) is 0 Å². The first-order chi connectivity index (χ1) is 7.44. The van der Waals surface area contributed by atoms with E-state index in [0.717, 1.165) is 0 Å². The molecule has 0 saturated heterocycles. The van der Waals surface area contributed by atoms with E-state index in [-0.39, 0.29) is 5.91 Å². The monoisotopic (exact) mass is 223 g/mol. The second kappa shape index (κ2) is 4.94. The van der Waals surface area contributed by atoms with Crippen LogP contribution in [0, 0.1) is 0 Å². The second-order valence-corrected chi connectivity index (χ2v) is 4.22. The smallest absolute Gasteiger partial charge is 0.270 e. The molecule has 0 radical (unpaired) electrons. The van der Waals surface area contributed by atoms with E-state index >= 15 is 0 Å². The number of hydrogen-bond donors (Lipinski definition) is 2. The number of methoxy groups -OCH3 is 1. The predicted molar refractivity (Wildman–Crippen MR) is 62.1 cm³/mol. The highest BCUT2D eigenvalue weighted by Gasteiger charge is 2.21. The molecule has 0 spiro atoms. The molecule has 0 fully saturated rings. The maximum Gasteiger partial charge on any atom is 0.270 e. The topological polar surface area (TPSA) is 77.2 Å². The van der Waals surface area contributed by atoms with Crippen LogP contribution in [0.3, 0.4) is 0 Å². The van der Waals surface area contributed by atoms with Gasteiger partial charge in [0.2, 0.25) is 0 Å². The molecule has 0 aliphatic carbocycles. The highest BCUT2D eigenvalue weighted by Crippen LogP contribution is 2.06. The van der Waals surface area contributed by atoms with Crippen molar-refractivity contribution in [3.63, 3.8) is 0 Å². The van der Waals surface area contributed by atoms with Gasteiger partial charge in [0.15, 0.2) is 0 Å². The molecule has 1 aromatic heterocycles. The molecule has 3 N–H and O–H groups in total. The summed E-state index contributed by atoms with van der Waals surface area (Å²) < 4.78 is 5.01. The van der Waals surface area contributed by atoms with E-state index in [9.17, 15) is 4.79 Å². The Hall–Kier alpha value is -1.62. The molecule has 0 aliphatic heterocycles. The molecule has 0 aliphatic rings. The Bertz CT molecular complexity index is 377. The first-order valence-corrected chi connectivity index (χ1v) is 4.98. The average Bonchev–Trinajstić information content (AvgIpc) is 2.16. The number of nitrogens with two attached hydrogens (primary N) is 1. The van der Waals surface area contributed by atoms with Gasteiger partial charge in [-0.25, -0.2) is 4.98 Å². The Kier molecular flexibility index (Phi) is 3.84. The number of carbonyl (C=O) groups is 1. The predicted octanol–water partition coefficient (Wildman–Crippen LogP) is 0.819. The maximum atomic E-state index is 11.8. The lowest BCUT2D eigenvalue weighted by Crippen LogP contribution is -2.47. The summed E-state index contributed by atoms with van der Waals surface area (Å²) in [4.78, 5) is 15.7. The van der Waals surface area contributed by atoms with E-state index < -0.39 is 5.54 Å². The lowest BCUT2D eigenvalue weighted by atomic mass is 10.1. The van der Waals surface area contributed by atoms with Crippen LogP contribution in [0.5, 0.6) is 0 Å². The zero-order valence-electron chi connectivity index (χ0n) is 9.78. The maximum absolute atomic E-state index is 11.8. The van der Waals surface area contributed by atoms with E-state index in [1.54, 1.807) is 25.3 Å². The highest BCUT2D eigenvalue weighted by atomic mass is 16.5. The molecule has 5 heteroatoms. The molecule has 1 amide bonds. The highest BCUT2D eigenvalue weighted by molar-refractivity contribution is 5.93. The average molecular weight is 223 g/mol. The van der Waals surface area contributed by atoms with Gasteiger partial charge in [0.05, 0.1) is 12.1 Å². The van der Waals surface area contributed by atoms with Crippen molar-refractivity contribution in [1.82, 2.24) is 10.3 Å². The summed E-state index contributed by atoms with van der Waals surface area (Å²) >= 11 is 0. The summed E-state index contributed by atoms with van der Waals surface area (Å²) in [6.45, 7) is 4.18. The molecule has 1 heterocycles. The molecule has 0 saturated carbocycles. The minimum atomic E-state index is -0.432. The van der Waals surface area contributed by atoms with Gasteiger partial charge in [-0.1, -0.05) is 6.07 Å². The molecule has 0 atom stereocenters. The number of hydrogen-bond acceptors (Lipinski definition) is 4. The Morgan fingerprint density at radius 1 is 1.56 bits per heavy atom. The van der Waals surface area contributed by atoms with Gasteiger partial charge in [-0.15, -0.1) is 0 Å². The summed E-state index contributed by atoms with van der Waals surface area (Å²) in [5, 5.41) is 2.82. The number of anilines is 1. The zero-order chi connectivity index (χ0) is 12.2. The van der Waals surface area contributed by atoms with Crippen molar-refractivity contribution in [1.29, 1.82) is 0 Å². The number of amides is 1. The Morgan fingerprint density at radius 3 is 2.81 bits per heavy atom. The molecule has 1 rings (SSSR count). The van der Waals surface area contributed by atoms with E-state index in [1.165, 1.54) is 0 Å². The van der Waals surface area contributed by atoms with Gasteiger partial charge < -0.3 is 15.8 Å². The number of nitrogens with one attached hydrogen (secondary N) is 1. The Morgan fingerprint density at radius 2 is 2.25 bits per heavy atom. The van der Waals surface area contributed by atoms with E-state index in [0.29, 0.717) is 18.1 Å². The van der Waals surface area contributed by atoms with Crippen LogP contribution in [0.15, 0.2) is 18.2 Å². The van der Waals surface area contributed by atoms with Crippen LogP contribution >= 0.6 is 0 Å². The lowest BCUT2D eigenvalue weighted by Gasteiger charge is -2.24. The number of nitrogen functional groups attached to an aromatic ring is 1. The van der Waals surface area contributed by atoms with Crippen LogP contribution in [0.1, 0.15) is 24.3 Å². The number of rotatable bonds is 4. The summed E-state index contributed by atoms with van der Waals surface area (Å²) in [5.41, 5.74) is 5.38. The van der Waals surface area contributed by atoms with Gasteiger partial charge in [-0.3, -0.25) is 4.79 Å². The van der Waals surface area contributed by atoms with Crippen molar-refractivity contribution in [3.8, 4) is 0 Å². The van der Waals surface area contributed by atoms with Gasteiger partial charge in [0.1, 0.15) is 11.5 Å². The Labute approximate surface area is 95.0 Å². The summed E-state index contributed by atoms with van der Waals surface area (Å²) in [7, 11) is 1.59. The molecule has 5 nitrogen and oxygen atoms in total. The van der Waals surface area contributed by atoms with E-state index in [4.69, 9.17) is 10.5 Å². The third kappa shape index (κ3) is 3.51. The first kappa shape index (κ1) is 12.4. The van der Waals surface area contributed by atoms with E-state index in [2.05, 4.69) is 10.3 Å². The molecule has 0 aromatic carbocycles. The number of pyridine rings is 1. The van der Waals surface area contributed by atoms with Gasteiger partial charge in [-0.05, 0) is 26.0 Å². The minimum absolute atomic E-state index is 0.255. The third-order valence-electron chi connectivity index (χ3n) is 1.96. The van der Waals surface area contributed by atoms with Crippen LogP contribution in [-0.2, 0) is 4.74 Å². The minimum Gasteiger partial charge on any atom is -0.384 e. The molecular weight excluding hydrogens is 206 g/mol. The molecule has 16 heavy (non-hydrogen) atoms. The van der Waals surface area contributed by atoms with Crippen molar-refractivity contribution in [2.75, 3.05) is 19.5 Å². The number of aromatic nitrogens is 1. The lowest BCUT2D eigenvalue weighted by molar-refractivity contribution is 0.0815. The van der Waals surface area contributed by atoms with Gasteiger partial charge >= 0.3 is 0 Å². The SMILES string of the molecule is COCC(C)(C)NC(=O)c1cccc(N)n1. The summed E-state index contributed by atoms with van der Waals surface area (Å²) in [5.74, 6) is 0.0755. The van der Waals surface area contributed by atoms with E-state index in [1.807, 2.05) is 13.8 Å². The third-order valence-corrected chi connectivity index (χ3v) is 1.96. The Balaban J connectivity index is 2.72. The van der Waals surface area contributed by atoms with Crippen LogP contribution in [0.25, 0.3) is 0 Å². The number of ether oxygens (including phenoxy) is 1. The quantitative estimate of drug-likeness (QED) is 0.792. The second-order valence-electron chi connectivity index (χ2n) is 4.22. The van der Waals surface area contributed by atoms with Crippen LogP contribution < -0.4 is 11.1 Å². The fraction of sp³-hybridized carbons (Fsp3) is 0.455. The molecule has 0 unspecified atom stereocenters. The van der Waals surface area contributed by atoms with Gasteiger partial charge in [0.25, 0.3) is 5.91 Å². The number of nitrogens with zero attached hydrogens (tertiary/aromatic N) is 1. The fourth-order valence-electron chi connectivity index (χ4n) is 1.35. The van der Waals surface area contributed by atoms with Gasteiger partial charge in [0, 0.05) is 7.11 Å². The largest absolute Gasteiger partial charge is 0.384 e. The molecular formula is C11H17N3O2. The first-order valence-electron chi connectivity index (χ1n) is 4.98. The molecule has 1 aromatic rings. The van der Waals surface area contributed by atoms with Crippen molar-refractivity contribution < 1.29 is 9.53 Å². The van der Waals surface area contributed by atoms with Crippen LogP contribution in [0.4, 0.5) is 5.82 Å². The van der Waals surface area contributed by atoms with Crippen LogP contribution in [-0.4, -0.2) is 30.1 Å². The summed E-state index contributed by atoms with van der Waals surface area (Å²) in [6, 6.07) is 4.95. The van der Waals surface area contributed by atoms with Crippen molar-refractivity contribution >= 4 is 11.7 Å². The zero-order valence-corrected chi connectivity index (χ0v) is 9.78. The van der Waals surface area contributed by atoms with Crippen LogP contribution in [0.2, 0.25) is 0 Å². The number of carbonyl (C=O) groups excluding carboxylic acids is 1. The van der Waals surface area contributed by atoms with Crippen molar-refractivity contribution in [3.05, 3.63) is 23.9 Å². The molecule has 88 valence electrons. The standard InChI is InChI=1S/C11H17N3O2/c1-11(2,7-16-3)14-10(15)8-5-4-6-9(12)13-8/h4-6H,7H2,1-3H3,(H2,12,13)(H,14,15). The normalized spacial score (nSPS) is 11.2. The molecule has 0 bridgehead atoms. The fourth-order valence-corrected chi connectivity index (χ4v) is 1.35. The summed E-state index contributed by atoms with van der Waals surface area (Å²) in [6.07, 6.45) is 0.